The zero-order valence-corrected chi connectivity index (χ0v) is 19.0. The third-order valence-electron chi connectivity index (χ3n) is 5.49. The number of hydrogen-bond acceptors (Lipinski definition) is 4. The van der Waals surface area contributed by atoms with E-state index in [9.17, 15) is 9.59 Å². The number of nitrogens with zero attached hydrogens (tertiary/aromatic N) is 2. The van der Waals surface area contributed by atoms with Crippen LogP contribution in [-0.2, 0) is 20.9 Å². The van der Waals surface area contributed by atoms with Crippen molar-refractivity contribution >= 4 is 23.4 Å². The van der Waals surface area contributed by atoms with E-state index in [1.165, 1.54) is 6.92 Å². The molecule has 0 spiro atoms. The van der Waals surface area contributed by atoms with Gasteiger partial charge in [0.05, 0.1) is 19.6 Å². The fraction of sp³-hybridized carbons (Fsp3) is 0.417. The molecule has 0 aromatic heterocycles. The summed E-state index contributed by atoms with van der Waals surface area (Å²) in [5.74, 6) is 0.542. The molecular weight excluding hydrogens is 416 g/mol. The number of amides is 2. The van der Waals surface area contributed by atoms with Crippen LogP contribution in [0.5, 0.6) is 5.75 Å². The van der Waals surface area contributed by atoms with Crippen LogP contribution in [0.1, 0.15) is 24.5 Å². The molecule has 1 heterocycles. The molecule has 3 rings (SSSR count). The van der Waals surface area contributed by atoms with Crippen LogP contribution >= 0.6 is 11.6 Å². The monoisotopic (exact) mass is 444 g/mol. The summed E-state index contributed by atoms with van der Waals surface area (Å²) >= 11 is 6.11. The van der Waals surface area contributed by atoms with E-state index < -0.39 is 5.60 Å². The van der Waals surface area contributed by atoms with Gasteiger partial charge in [0.2, 0.25) is 11.8 Å². The van der Waals surface area contributed by atoms with Crippen LogP contribution in [0.2, 0.25) is 5.02 Å². The lowest BCUT2D eigenvalue weighted by Gasteiger charge is -2.42. The molecule has 0 N–H and O–H groups in total. The summed E-state index contributed by atoms with van der Waals surface area (Å²) in [6, 6.07) is 15.2. The molecule has 2 aromatic carbocycles. The number of rotatable bonds is 7. The standard InChI is InChI=1S/C24H29ClN2O4/c1-18-13-21(9-10-22(18)25)30-17-24(16-27(19(2)28)11-12-31-24)14-23(29)26(3)15-20-7-5-4-6-8-20/h4-10,13H,11-12,14-17H2,1-3H3/t24-/m1/s1. The van der Waals surface area contributed by atoms with Crippen LogP contribution in [0.15, 0.2) is 48.5 Å². The van der Waals surface area contributed by atoms with Gasteiger partial charge in [0.15, 0.2) is 0 Å². The molecule has 31 heavy (non-hydrogen) atoms. The second-order valence-corrected chi connectivity index (χ2v) is 8.49. The minimum Gasteiger partial charge on any atom is -0.490 e. The lowest BCUT2D eigenvalue weighted by Crippen LogP contribution is -2.57. The SMILES string of the molecule is CC(=O)N1CCO[C@](COc2ccc(Cl)c(C)c2)(CC(=O)N(C)Cc2ccccc2)C1. The van der Waals surface area contributed by atoms with Crippen molar-refractivity contribution in [1.29, 1.82) is 0 Å². The molecule has 1 saturated heterocycles. The Kier molecular flexibility index (Phi) is 7.57. The van der Waals surface area contributed by atoms with Gasteiger partial charge in [-0.25, -0.2) is 0 Å². The maximum atomic E-state index is 13.1. The van der Waals surface area contributed by atoms with E-state index in [1.807, 2.05) is 43.3 Å². The molecule has 2 aromatic rings. The van der Waals surface area contributed by atoms with Crippen molar-refractivity contribution in [3.05, 3.63) is 64.7 Å². The molecule has 1 aliphatic rings. The molecule has 0 aliphatic carbocycles. The van der Waals surface area contributed by atoms with Crippen molar-refractivity contribution < 1.29 is 19.1 Å². The highest BCUT2D eigenvalue weighted by Crippen LogP contribution is 2.27. The molecule has 166 valence electrons. The van der Waals surface area contributed by atoms with Gasteiger partial charge in [0, 0.05) is 32.1 Å². The van der Waals surface area contributed by atoms with Crippen LogP contribution in [0.3, 0.4) is 0 Å². The lowest BCUT2D eigenvalue weighted by molar-refractivity contribution is -0.164. The van der Waals surface area contributed by atoms with E-state index in [4.69, 9.17) is 21.1 Å². The van der Waals surface area contributed by atoms with Crippen molar-refractivity contribution in [1.82, 2.24) is 9.80 Å². The summed E-state index contributed by atoms with van der Waals surface area (Å²) in [6.07, 6.45) is 0.118. The second-order valence-electron chi connectivity index (χ2n) is 8.08. The molecule has 1 aliphatic heterocycles. The smallest absolute Gasteiger partial charge is 0.225 e. The van der Waals surface area contributed by atoms with Gasteiger partial charge in [0.1, 0.15) is 18.0 Å². The minimum absolute atomic E-state index is 0.0416. The highest BCUT2D eigenvalue weighted by Gasteiger charge is 2.41. The van der Waals surface area contributed by atoms with Crippen LogP contribution in [0.4, 0.5) is 0 Å². The Hall–Kier alpha value is -2.57. The van der Waals surface area contributed by atoms with E-state index in [2.05, 4.69) is 0 Å². The van der Waals surface area contributed by atoms with Gasteiger partial charge in [-0.2, -0.15) is 0 Å². The summed E-state index contributed by atoms with van der Waals surface area (Å²) in [6.45, 7) is 5.26. The molecule has 0 unspecified atom stereocenters. The Balaban J connectivity index is 1.74. The van der Waals surface area contributed by atoms with Crippen molar-refractivity contribution in [2.24, 2.45) is 0 Å². The second kappa shape index (κ2) is 10.2. The van der Waals surface area contributed by atoms with Gasteiger partial charge in [-0.3, -0.25) is 9.59 Å². The Morgan fingerprint density at radius 1 is 1.23 bits per heavy atom. The van der Waals surface area contributed by atoms with Gasteiger partial charge in [0.25, 0.3) is 0 Å². The van der Waals surface area contributed by atoms with Crippen LogP contribution < -0.4 is 4.74 Å². The fourth-order valence-corrected chi connectivity index (χ4v) is 3.75. The Labute approximate surface area is 188 Å². The largest absolute Gasteiger partial charge is 0.490 e. The molecule has 2 amide bonds. The van der Waals surface area contributed by atoms with Crippen LogP contribution in [-0.4, -0.2) is 60.6 Å². The fourth-order valence-electron chi connectivity index (χ4n) is 3.64. The molecule has 0 saturated carbocycles. The third kappa shape index (κ3) is 6.21. The number of carbonyl (C=O) groups is 2. The van der Waals surface area contributed by atoms with E-state index >= 15 is 0 Å². The number of carbonyl (C=O) groups excluding carboxylic acids is 2. The highest BCUT2D eigenvalue weighted by molar-refractivity contribution is 6.31. The van der Waals surface area contributed by atoms with Crippen molar-refractivity contribution in [3.63, 3.8) is 0 Å². The van der Waals surface area contributed by atoms with Gasteiger partial charge in [-0.1, -0.05) is 41.9 Å². The number of halogens is 1. The minimum atomic E-state index is -0.917. The van der Waals surface area contributed by atoms with Crippen molar-refractivity contribution in [2.75, 3.05) is 33.4 Å². The highest BCUT2D eigenvalue weighted by atomic mass is 35.5. The maximum Gasteiger partial charge on any atom is 0.225 e. The summed E-state index contributed by atoms with van der Waals surface area (Å²) in [7, 11) is 1.78. The number of morpholine rings is 1. The Bertz CT molecular complexity index is 921. The zero-order chi connectivity index (χ0) is 22.4. The summed E-state index contributed by atoms with van der Waals surface area (Å²) < 4.78 is 12.1. The summed E-state index contributed by atoms with van der Waals surface area (Å²) in [5, 5.41) is 0.663. The topological polar surface area (TPSA) is 59.1 Å². The molecule has 0 radical (unpaired) electrons. The van der Waals surface area contributed by atoms with Gasteiger partial charge < -0.3 is 19.3 Å². The first-order chi connectivity index (χ1) is 14.8. The maximum absolute atomic E-state index is 13.1. The predicted molar refractivity (Wildman–Crippen MR) is 120 cm³/mol. The van der Waals surface area contributed by atoms with Crippen LogP contribution in [0, 0.1) is 6.92 Å². The van der Waals surface area contributed by atoms with Gasteiger partial charge in [-0.15, -0.1) is 0 Å². The molecule has 1 fully saturated rings. The molecule has 7 heteroatoms. The predicted octanol–water partition coefficient (Wildman–Crippen LogP) is 3.69. The molecular formula is C24H29ClN2O4. The van der Waals surface area contributed by atoms with Gasteiger partial charge in [-0.05, 0) is 36.2 Å². The number of hydrogen-bond donors (Lipinski definition) is 0. The summed E-state index contributed by atoms with van der Waals surface area (Å²) in [5.41, 5.74) is 1.04. The lowest BCUT2D eigenvalue weighted by atomic mass is 9.96. The quantitative estimate of drug-likeness (QED) is 0.653. The van der Waals surface area contributed by atoms with Crippen molar-refractivity contribution in [2.45, 2.75) is 32.4 Å². The van der Waals surface area contributed by atoms with E-state index in [1.54, 1.807) is 29.0 Å². The van der Waals surface area contributed by atoms with E-state index in [-0.39, 0.29) is 24.8 Å². The Morgan fingerprint density at radius 2 is 1.97 bits per heavy atom. The average molecular weight is 445 g/mol. The first-order valence-corrected chi connectivity index (χ1v) is 10.7. The Morgan fingerprint density at radius 3 is 2.65 bits per heavy atom. The molecule has 0 bridgehead atoms. The molecule has 6 nitrogen and oxygen atoms in total. The zero-order valence-electron chi connectivity index (χ0n) is 18.3. The first kappa shape index (κ1) is 23.1. The third-order valence-corrected chi connectivity index (χ3v) is 5.91. The number of benzene rings is 2. The normalized spacial score (nSPS) is 18.5. The first-order valence-electron chi connectivity index (χ1n) is 10.3. The van der Waals surface area contributed by atoms with Gasteiger partial charge >= 0.3 is 0 Å². The molecule has 1 atom stereocenters. The van der Waals surface area contributed by atoms with E-state index in [0.717, 1.165) is 11.1 Å². The number of ether oxygens (including phenoxy) is 2. The van der Waals surface area contributed by atoms with Crippen molar-refractivity contribution in [3.8, 4) is 5.75 Å². The summed E-state index contributed by atoms with van der Waals surface area (Å²) in [4.78, 5) is 28.5. The van der Waals surface area contributed by atoms with Crippen LogP contribution in [0.25, 0.3) is 0 Å². The number of aryl methyl sites for hydroxylation is 1. The average Bonchev–Trinajstić information content (AvgIpc) is 2.75. The van der Waals surface area contributed by atoms with E-state index in [0.29, 0.717) is 37.0 Å².